The van der Waals surface area contributed by atoms with Crippen LogP contribution in [0.25, 0.3) is 0 Å². The minimum Gasteiger partial charge on any atom is -0.250 e. The maximum atomic E-state index is 12.1. The average Bonchev–Trinajstić information content (AvgIpc) is 2.84. The van der Waals surface area contributed by atoms with Gasteiger partial charge in [0, 0.05) is 17.6 Å². The first-order valence-electron chi connectivity index (χ1n) is 5.93. The molecule has 0 saturated heterocycles. The van der Waals surface area contributed by atoms with Gasteiger partial charge in [-0.3, -0.25) is 0 Å². The number of sulfonamides is 1. The van der Waals surface area contributed by atoms with Crippen LogP contribution in [0.15, 0.2) is 35.4 Å². The van der Waals surface area contributed by atoms with Crippen LogP contribution in [0.1, 0.15) is 15.4 Å². The van der Waals surface area contributed by atoms with Gasteiger partial charge in [-0.05, 0) is 25.5 Å². The minimum atomic E-state index is -3.65. The smallest absolute Gasteiger partial charge is 0.241 e. The third-order valence-electron chi connectivity index (χ3n) is 2.63. The van der Waals surface area contributed by atoms with Crippen LogP contribution < -0.4 is 4.72 Å². The second kappa shape index (κ2) is 6.13. The van der Waals surface area contributed by atoms with E-state index < -0.39 is 10.0 Å². The van der Waals surface area contributed by atoms with Gasteiger partial charge in [0.05, 0.1) is 15.5 Å². The highest BCUT2D eigenvalue weighted by Gasteiger charge is 2.17. The van der Waals surface area contributed by atoms with E-state index in [1.54, 1.807) is 29.7 Å². The van der Waals surface area contributed by atoms with Crippen molar-refractivity contribution in [2.24, 2.45) is 0 Å². The van der Waals surface area contributed by atoms with Gasteiger partial charge in [-0.2, -0.15) is 5.26 Å². The van der Waals surface area contributed by atoms with Gasteiger partial charge in [0.25, 0.3) is 0 Å². The zero-order chi connectivity index (χ0) is 14.6. The van der Waals surface area contributed by atoms with Crippen molar-refractivity contribution in [3.63, 3.8) is 0 Å². The van der Waals surface area contributed by atoms with Crippen molar-refractivity contribution in [1.29, 1.82) is 5.26 Å². The van der Waals surface area contributed by atoms with Crippen molar-refractivity contribution in [2.45, 2.75) is 18.2 Å². The summed E-state index contributed by atoms with van der Waals surface area (Å²) in [6.45, 7) is 2.19. The summed E-state index contributed by atoms with van der Waals surface area (Å²) in [5.41, 5.74) is 0.147. The molecule has 7 heteroatoms. The van der Waals surface area contributed by atoms with Crippen molar-refractivity contribution >= 4 is 21.4 Å². The predicted octanol–water partition coefficient (Wildman–Crippen LogP) is 1.84. The number of rotatable bonds is 5. The first-order chi connectivity index (χ1) is 9.53. The Bertz CT molecular complexity index is 745. The summed E-state index contributed by atoms with van der Waals surface area (Å²) in [6.07, 6.45) is 2.33. The van der Waals surface area contributed by atoms with E-state index in [1.807, 2.05) is 13.0 Å². The molecule has 0 bridgehead atoms. The van der Waals surface area contributed by atoms with Crippen LogP contribution in [0.2, 0.25) is 0 Å². The van der Waals surface area contributed by atoms with E-state index >= 15 is 0 Å². The Morgan fingerprint density at radius 3 is 2.80 bits per heavy atom. The molecule has 0 atom stereocenters. The Labute approximate surface area is 122 Å². The molecule has 0 aliphatic carbocycles. The summed E-state index contributed by atoms with van der Waals surface area (Å²) in [5, 5.41) is 9.90. The van der Waals surface area contributed by atoms with Crippen molar-refractivity contribution in [3.05, 3.63) is 45.9 Å². The van der Waals surface area contributed by atoms with Gasteiger partial charge in [0.1, 0.15) is 6.07 Å². The van der Waals surface area contributed by atoms with Gasteiger partial charge in [-0.1, -0.05) is 12.1 Å². The number of nitrogens with zero attached hydrogens (tertiary/aromatic N) is 2. The Morgan fingerprint density at radius 1 is 1.40 bits per heavy atom. The number of benzene rings is 1. The molecule has 20 heavy (non-hydrogen) atoms. The SMILES string of the molecule is Cc1ncc(CCNS(=O)(=O)c2ccccc2C#N)s1. The molecular formula is C13H13N3O2S2. The predicted molar refractivity (Wildman–Crippen MR) is 76.9 cm³/mol. The lowest BCUT2D eigenvalue weighted by atomic mass is 10.2. The molecule has 0 spiro atoms. The Hall–Kier alpha value is -1.75. The van der Waals surface area contributed by atoms with Crippen molar-refractivity contribution in [2.75, 3.05) is 6.54 Å². The molecule has 1 aromatic heterocycles. The normalized spacial score (nSPS) is 11.2. The topological polar surface area (TPSA) is 82.8 Å². The summed E-state index contributed by atoms with van der Waals surface area (Å²) in [7, 11) is -3.65. The lowest BCUT2D eigenvalue weighted by molar-refractivity contribution is 0.581. The monoisotopic (exact) mass is 307 g/mol. The number of nitrogens with one attached hydrogen (secondary N) is 1. The van der Waals surface area contributed by atoms with Crippen LogP contribution in [-0.4, -0.2) is 19.9 Å². The van der Waals surface area contributed by atoms with Gasteiger partial charge < -0.3 is 0 Å². The molecule has 0 saturated carbocycles. The van der Waals surface area contributed by atoms with E-state index in [-0.39, 0.29) is 17.0 Å². The Morgan fingerprint density at radius 2 is 2.15 bits per heavy atom. The number of aromatic nitrogens is 1. The zero-order valence-corrected chi connectivity index (χ0v) is 12.5. The number of nitriles is 1. The lowest BCUT2D eigenvalue weighted by Gasteiger charge is -2.07. The van der Waals surface area contributed by atoms with Gasteiger partial charge in [-0.25, -0.2) is 18.1 Å². The molecule has 0 aliphatic rings. The zero-order valence-electron chi connectivity index (χ0n) is 10.8. The molecule has 0 amide bonds. The standard InChI is InChI=1S/C13H13N3O2S2/c1-10-15-9-12(19-10)6-7-16-20(17,18)13-5-3-2-4-11(13)8-14/h2-5,9,16H,6-7H2,1H3. The summed E-state index contributed by atoms with van der Waals surface area (Å²) in [4.78, 5) is 5.16. The molecule has 1 heterocycles. The molecule has 1 N–H and O–H groups in total. The molecule has 0 unspecified atom stereocenters. The van der Waals surface area contributed by atoms with Gasteiger partial charge >= 0.3 is 0 Å². The second-order valence-corrected chi connectivity index (χ2v) is 7.16. The fourth-order valence-corrected chi connectivity index (χ4v) is 3.68. The summed E-state index contributed by atoms with van der Waals surface area (Å²) in [6, 6.07) is 8.04. The first-order valence-corrected chi connectivity index (χ1v) is 8.23. The van der Waals surface area contributed by atoms with Crippen LogP contribution in [0.3, 0.4) is 0 Å². The van der Waals surface area contributed by atoms with Crippen molar-refractivity contribution in [3.8, 4) is 6.07 Å². The Balaban J connectivity index is 2.06. The summed E-state index contributed by atoms with van der Waals surface area (Å²) in [5.74, 6) is 0. The Kier molecular flexibility index (Phi) is 4.49. The number of thiazole rings is 1. The van der Waals surface area contributed by atoms with Gasteiger partial charge in [0.2, 0.25) is 10.0 Å². The molecule has 0 fully saturated rings. The average molecular weight is 307 g/mol. The molecule has 0 aliphatic heterocycles. The third-order valence-corrected chi connectivity index (χ3v) is 5.12. The van der Waals surface area contributed by atoms with Crippen LogP contribution >= 0.6 is 11.3 Å². The van der Waals surface area contributed by atoms with E-state index in [2.05, 4.69) is 9.71 Å². The van der Waals surface area contributed by atoms with Crippen LogP contribution in [0.5, 0.6) is 0 Å². The highest BCUT2D eigenvalue weighted by molar-refractivity contribution is 7.89. The molecular weight excluding hydrogens is 294 g/mol. The quantitative estimate of drug-likeness (QED) is 0.913. The largest absolute Gasteiger partial charge is 0.250 e. The molecule has 1 aromatic carbocycles. The van der Waals surface area contributed by atoms with E-state index in [9.17, 15) is 8.42 Å². The maximum Gasteiger partial charge on any atom is 0.241 e. The summed E-state index contributed by atoms with van der Waals surface area (Å²) >= 11 is 1.54. The van der Waals surface area contributed by atoms with Crippen molar-refractivity contribution in [1.82, 2.24) is 9.71 Å². The highest BCUT2D eigenvalue weighted by Crippen LogP contribution is 2.15. The second-order valence-electron chi connectivity index (χ2n) is 4.10. The van der Waals surface area contributed by atoms with Gasteiger partial charge in [-0.15, -0.1) is 11.3 Å². The lowest BCUT2D eigenvalue weighted by Crippen LogP contribution is -2.26. The van der Waals surface area contributed by atoms with E-state index in [0.717, 1.165) is 9.88 Å². The van der Waals surface area contributed by atoms with Crippen LogP contribution in [0, 0.1) is 18.3 Å². The molecule has 0 radical (unpaired) electrons. The fourth-order valence-electron chi connectivity index (χ4n) is 1.70. The molecule has 2 aromatic rings. The number of hydrogen-bond donors (Lipinski definition) is 1. The summed E-state index contributed by atoms with van der Waals surface area (Å²) < 4.78 is 26.8. The number of aryl methyl sites for hydroxylation is 1. The van der Waals surface area contributed by atoms with Crippen LogP contribution in [0.4, 0.5) is 0 Å². The van der Waals surface area contributed by atoms with E-state index in [4.69, 9.17) is 5.26 Å². The molecule has 5 nitrogen and oxygen atoms in total. The van der Waals surface area contributed by atoms with Gasteiger partial charge in [0.15, 0.2) is 0 Å². The maximum absolute atomic E-state index is 12.1. The first kappa shape index (κ1) is 14.7. The highest BCUT2D eigenvalue weighted by atomic mass is 32.2. The fraction of sp³-hybridized carbons (Fsp3) is 0.231. The van der Waals surface area contributed by atoms with E-state index in [0.29, 0.717) is 6.42 Å². The molecule has 104 valence electrons. The van der Waals surface area contributed by atoms with Crippen LogP contribution in [-0.2, 0) is 16.4 Å². The third kappa shape index (κ3) is 3.42. The van der Waals surface area contributed by atoms with Crippen molar-refractivity contribution < 1.29 is 8.42 Å². The molecule has 2 rings (SSSR count). The minimum absolute atomic E-state index is 0.0167. The van der Waals surface area contributed by atoms with E-state index in [1.165, 1.54) is 12.1 Å². The number of hydrogen-bond acceptors (Lipinski definition) is 5.